The highest BCUT2D eigenvalue weighted by Gasteiger charge is 1.93. The van der Waals surface area contributed by atoms with Crippen LogP contribution in [0, 0.1) is 0 Å². The molecule has 0 bridgehead atoms. The van der Waals surface area contributed by atoms with Crippen molar-refractivity contribution < 1.29 is 4.79 Å². The minimum atomic E-state index is -0.568. The van der Waals surface area contributed by atoms with Crippen molar-refractivity contribution in [1.29, 1.82) is 0 Å². The maximum absolute atomic E-state index is 10.6. The number of nitrogens with two attached hydrogens (primary N) is 1. The van der Waals surface area contributed by atoms with Crippen LogP contribution in [0.5, 0.6) is 0 Å². The van der Waals surface area contributed by atoms with Crippen molar-refractivity contribution in [3.63, 3.8) is 0 Å². The highest BCUT2D eigenvalue weighted by molar-refractivity contribution is 5.71. The van der Waals surface area contributed by atoms with Crippen molar-refractivity contribution in [2.75, 3.05) is 18.4 Å². The molecule has 0 saturated carbocycles. The third-order valence-electron chi connectivity index (χ3n) is 1.41. The number of nitrogens with one attached hydrogen (secondary N) is 3. The number of H-pyrrole nitrogens is 1. The molecule has 7 nitrogen and oxygen atoms in total. The Kier molecular flexibility index (Phi) is 3.48. The number of aromatic amines is 1. The summed E-state index contributed by atoms with van der Waals surface area (Å²) in [5, 5.41) is 11.3. The van der Waals surface area contributed by atoms with Gasteiger partial charge in [-0.3, -0.25) is 4.79 Å². The molecule has 1 aromatic rings. The minimum absolute atomic E-state index is 0.259. The van der Waals surface area contributed by atoms with Crippen LogP contribution in [0.3, 0.4) is 0 Å². The summed E-state index contributed by atoms with van der Waals surface area (Å²) >= 11 is 0. The average molecular weight is 197 g/mol. The van der Waals surface area contributed by atoms with Crippen molar-refractivity contribution in [3.05, 3.63) is 22.5 Å². The molecule has 1 rings (SSSR count). The fraction of sp³-hybridized carbons (Fsp3) is 0.286. The van der Waals surface area contributed by atoms with Crippen molar-refractivity contribution in [2.45, 2.75) is 0 Å². The molecule has 0 aliphatic heterocycles. The summed E-state index contributed by atoms with van der Waals surface area (Å²) in [5.41, 5.74) is 4.59. The SMILES string of the molecule is NC(=O)NCCNc1ccc(=O)[nH]n1. The maximum atomic E-state index is 10.6. The first kappa shape index (κ1) is 10.0. The number of anilines is 1. The van der Waals surface area contributed by atoms with Gasteiger partial charge in [-0.2, -0.15) is 5.10 Å². The van der Waals surface area contributed by atoms with E-state index in [1.54, 1.807) is 6.07 Å². The van der Waals surface area contributed by atoms with Gasteiger partial charge in [-0.1, -0.05) is 0 Å². The van der Waals surface area contributed by atoms with E-state index >= 15 is 0 Å². The Morgan fingerprint density at radius 1 is 1.50 bits per heavy atom. The molecule has 0 fully saturated rings. The summed E-state index contributed by atoms with van der Waals surface area (Å²) in [7, 11) is 0. The van der Waals surface area contributed by atoms with Gasteiger partial charge in [0, 0.05) is 19.2 Å². The Morgan fingerprint density at radius 2 is 2.29 bits per heavy atom. The van der Waals surface area contributed by atoms with Crippen molar-refractivity contribution in [3.8, 4) is 0 Å². The summed E-state index contributed by atoms with van der Waals surface area (Å²) < 4.78 is 0. The normalized spacial score (nSPS) is 9.43. The Morgan fingerprint density at radius 3 is 2.86 bits per heavy atom. The summed E-state index contributed by atoms with van der Waals surface area (Å²) in [6.45, 7) is 0.887. The summed E-state index contributed by atoms with van der Waals surface area (Å²) in [6, 6.07) is 2.33. The van der Waals surface area contributed by atoms with Crippen LogP contribution >= 0.6 is 0 Å². The van der Waals surface area contributed by atoms with Gasteiger partial charge in [0.1, 0.15) is 5.82 Å². The number of nitrogens with zero attached hydrogens (tertiary/aromatic N) is 1. The molecule has 0 unspecified atom stereocenters. The number of carbonyl (C=O) groups is 1. The summed E-state index contributed by atoms with van der Waals surface area (Å²) in [5.74, 6) is 0.538. The fourth-order valence-electron chi connectivity index (χ4n) is 0.819. The largest absolute Gasteiger partial charge is 0.367 e. The third kappa shape index (κ3) is 3.57. The lowest BCUT2D eigenvalue weighted by Gasteiger charge is -2.04. The quantitative estimate of drug-likeness (QED) is 0.456. The smallest absolute Gasteiger partial charge is 0.312 e. The number of rotatable bonds is 4. The minimum Gasteiger partial charge on any atom is -0.367 e. The topological polar surface area (TPSA) is 113 Å². The second kappa shape index (κ2) is 4.85. The van der Waals surface area contributed by atoms with E-state index in [1.807, 2.05) is 0 Å². The number of aromatic nitrogens is 2. The van der Waals surface area contributed by atoms with Crippen LogP contribution in [-0.2, 0) is 0 Å². The predicted molar refractivity (Wildman–Crippen MR) is 50.9 cm³/mol. The molecule has 1 aromatic heterocycles. The predicted octanol–water partition coefficient (Wildman–Crippen LogP) is -1.15. The van der Waals surface area contributed by atoms with Crippen LogP contribution in [-0.4, -0.2) is 29.3 Å². The maximum Gasteiger partial charge on any atom is 0.312 e. The van der Waals surface area contributed by atoms with E-state index in [1.165, 1.54) is 6.07 Å². The number of hydrogen-bond donors (Lipinski definition) is 4. The van der Waals surface area contributed by atoms with Crippen LogP contribution < -0.4 is 21.9 Å². The molecule has 0 aromatic carbocycles. The monoisotopic (exact) mass is 197 g/mol. The fourth-order valence-corrected chi connectivity index (χ4v) is 0.819. The van der Waals surface area contributed by atoms with Crippen LogP contribution in [0.25, 0.3) is 0 Å². The number of amides is 2. The van der Waals surface area contributed by atoms with Gasteiger partial charge in [-0.15, -0.1) is 0 Å². The molecule has 14 heavy (non-hydrogen) atoms. The molecule has 5 N–H and O–H groups in total. The Bertz CT molecular complexity index is 341. The second-order valence-corrected chi connectivity index (χ2v) is 2.52. The van der Waals surface area contributed by atoms with Gasteiger partial charge in [0.2, 0.25) is 0 Å². The van der Waals surface area contributed by atoms with Gasteiger partial charge >= 0.3 is 6.03 Å². The molecule has 0 atom stereocenters. The van der Waals surface area contributed by atoms with E-state index in [9.17, 15) is 9.59 Å². The highest BCUT2D eigenvalue weighted by atomic mass is 16.2. The molecule has 7 heteroatoms. The molecule has 2 amide bonds. The third-order valence-corrected chi connectivity index (χ3v) is 1.41. The van der Waals surface area contributed by atoms with Gasteiger partial charge in [-0.05, 0) is 6.07 Å². The second-order valence-electron chi connectivity index (χ2n) is 2.52. The molecule has 1 heterocycles. The first-order chi connectivity index (χ1) is 6.68. The molecule has 0 saturated heterocycles. The van der Waals surface area contributed by atoms with Crippen molar-refractivity contribution >= 4 is 11.8 Å². The molecule has 0 radical (unpaired) electrons. The van der Waals surface area contributed by atoms with Gasteiger partial charge in [0.05, 0.1) is 0 Å². The summed E-state index contributed by atoms with van der Waals surface area (Å²) in [4.78, 5) is 20.9. The standard InChI is InChI=1S/C7H11N5O2/c8-7(14)10-4-3-9-5-1-2-6(13)12-11-5/h1-2H,3-4H2,(H,9,11)(H,12,13)(H3,8,10,14). The van der Waals surface area contributed by atoms with Crippen LogP contribution in [0.15, 0.2) is 16.9 Å². The molecule has 76 valence electrons. The Labute approximate surface area is 79.7 Å². The molecule has 0 spiro atoms. The molecular weight excluding hydrogens is 186 g/mol. The van der Waals surface area contributed by atoms with E-state index in [4.69, 9.17) is 5.73 Å². The molecular formula is C7H11N5O2. The van der Waals surface area contributed by atoms with Crippen molar-refractivity contribution in [1.82, 2.24) is 15.5 Å². The van der Waals surface area contributed by atoms with Crippen molar-refractivity contribution in [2.24, 2.45) is 5.73 Å². The zero-order chi connectivity index (χ0) is 10.4. The highest BCUT2D eigenvalue weighted by Crippen LogP contribution is 1.93. The Hall–Kier alpha value is -2.05. The van der Waals surface area contributed by atoms with Gasteiger partial charge in [0.25, 0.3) is 5.56 Å². The van der Waals surface area contributed by atoms with E-state index in [0.717, 1.165) is 0 Å². The van der Waals surface area contributed by atoms with E-state index in [2.05, 4.69) is 20.8 Å². The molecule has 0 aliphatic rings. The van der Waals surface area contributed by atoms with Crippen LogP contribution in [0.2, 0.25) is 0 Å². The Balaban J connectivity index is 2.28. The average Bonchev–Trinajstić information content (AvgIpc) is 2.15. The van der Waals surface area contributed by atoms with E-state index in [0.29, 0.717) is 18.9 Å². The van der Waals surface area contributed by atoms with E-state index < -0.39 is 6.03 Å². The summed E-state index contributed by atoms with van der Waals surface area (Å²) in [6.07, 6.45) is 0. The number of carbonyl (C=O) groups excluding carboxylic acids is 1. The van der Waals surface area contributed by atoms with Gasteiger partial charge in [-0.25, -0.2) is 9.89 Å². The zero-order valence-corrected chi connectivity index (χ0v) is 7.41. The van der Waals surface area contributed by atoms with Gasteiger partial charge < -0.3 is 16.4 Å². The zero-order valence-electron chi connectivity index (χ0n) is 7.41. The number of hydrogen-bond acceptors (Lipinski definition) is 4. The first-order valence-corrected chi connectivity index (χ1v) is 4.01. The lowest BCUT2D eigenvalue weighted by Crippen LogP contribution is -2.33. The lowest BCUT2D eigenvalue weighted by atomic mass is 10.5. The first-order valence-electron chi connectivity index (χ1n) is 4.01. The van der Waals surface area contributed by atoms with Gasteiger partial charge in [0.15, 0.2) is 0 Å². The van der Waals surface area contributed by atoms with Crippen LogP contribution in [0.1, 0.15) is 0 Å². The number of primary amides is 1. The number of urea groups is 1. The van der Waals surface area contributed by atoms with Crippen LogP contribution in [0.4, 0.5) is 10.6 Å². The molecule has 0 aliphatic carbocycles. The van der Waals surface area contributed by atoms with E-state index in [-0.39, 0.29) is 5.56 Å². The lowest BCUT2D eigenvalue weighted by molar-refractivity contribution is 0.249.